The largest absolute Gasteiger partial charge is 0.383 e. The van der Waals surface area contributed by atoms with Gasteiger partial charge in [-0.2, -0.15) is 5.10 Å². The van der Waals surface area contributed by atoms with Crippen molar-refractivity contribution < 1.29 is 9.53 Å². The van der Waals surface area contributed by atoms with E-state index in [1.807, 2.05) is 13.8 Å². The molecule has 24 heavy (non-hydrogen) atoms. The van der Waals surface area contributed by atoms with E-state index in [0.717, 1.165) is 38.0 Å². The Morgan fingerprint density at radius 2 is 2.17 bits per heavy atom. The SMILES string of the molecule is CCC(C)C(=O)NC1CCN(c2cnn(CCOC)c(=O)c2)CC1. The highest BCUT2D eigenvalue weighted by Gasteiger charge is 2.22. The van der Waals surface area contributed by atoms with Gasteiger partial charge in [0.2, 0.25) is 5.91 Å². The Hall–Kier alpha value is -1.89. The highest BCUT2D eigenvalue weighted by molar-refractivity contribution is 5.78. The number of rotatable bonds is 7. The van der Waals surface area contributed by atoms with Gasteiger partial charge >= 0.3 is 0 Å². The Balaban J connectivity index is 1.89. The molecule has 1 atom stereocenters. The summed E-state index contributed by atoms with van der Waals surface area (Å²) < 4.78 is 6.38. The maximum atomic E-state index is 12.1. The number of carbonyl (C=O) groups is 1. The van der Waals surface area contributed by atoms with Crippen molar-refractivity contribution in [3.63, 3.8) is 0 Å². The highest BCUT2D eigenvalue weighted by Crippen LogP contribution is 2.18. The van der Waals surface area contributed by atoms with Crippen LogP contribution in [0.1, 0.15) is 33.1 Å². The average Bonchev–Trinajstić information content (AvgIpc) is 2.60. The van der Waals surface area contributed by atoms with Crippen LogP contribution in [0.15, 0.2) is 17.1 Å². The normalized spacial score (nSPS) is 16.9. The van der Waals surface area contributed by atoms with E-state index in [2.05, 4.69) is 15.3 Å². The number of carbonyl (C=O) groups excluding carboxylic acids is 1. The van der Waals surface area contributed by atoms with Gasteiger partial charge in [0.1, 0.15) is 0 Å². The van der Waals surface area contributed by atoms with E-state index in [1.165, 1.54) is 4.68 Å². The molecule has 134 valence electrons. The predicted molar refractivity (Wildman–Crippen MR) is 93.2 cm³/mol. The van der Waals surface area contributed by atoms with Crippen molar-refractivity contribution in [3.8, 4) is 0 Å². The standard InChI is InChI=1S/C17H28N4O3/c1-4-13(2)17(23)19-14-5-7-20(8-6-14)15-11-16(22)21(18-12-15)9-10-24-3/h11-14H,4-10H2,1-3H3,(H,19,23). The van der Waals surface area contributed by atoms with E-state index in [1.54, 1.807) is 19.4 Å². The molecule has 1 aromatic heterocycles. The van der Waals surface area contributed by atoms with Crippen molar-refractivity contribution in [1.29, 1.82) is 0 Å². The van der Waals surface area contributed by atoms with Gasteiger partial charge in [0.15, 0.2) is 0 Å². The third-order valence-electron chi connectivity index (χ3n) is 4.63. The number of aromatic nitrogens is 2. The molecule has 1 aliphatic heterocycles. The topological polar surface area (TPSA) is 76.5 Å². The summed E-state index contributed by atoms with van der Waals surface area (Å²) in [4.78, 5) is 26.2. The Morgan fingerprint density at radius 1 is 1.46 bits per heavy atom. The van der Waals surface area contributed by atoms with Crippen molar-refractivity contribution >= 4 is 11.6 Å². The maximum absolute atomic E-state index is 12.1. The van der Waals surface area contributed by atoms with Gasteiger partial charge in [-0.15, -0.1) is 0 Å². The summed E-state index contributed by atoms with van der Waals surface area (Å²) in [6.45, 7) is 6.53. The molecular weight excluding hydrogens is 308 g/mol. The first kappa shape index (κ1) is 18.4. The molecule has 2 rings (SSSR count). The molecule has 7 nitrogen and oxygen atoms in total. The fourth-order valence-corrected chi connectivity index (χ4v) is 2.75. The van der Waals surface area contributed by atoms with Crippen LogP contribution in [-0.4, -0.2) is 48.5 Å². The first-order valence-corrected chi connectivity index (χ1v) is 8.66. The smallest absolute Gasteiger partial charge is 0.268 e. The number of piperidine rings is 1. The van der Waals surface area contributed by atoms with Crippen molar-refractivity contribution in [3.05, 3.63) is 22.6 Å². The number of anilines is 1. The van der Waals surface area contributed by atoms with Gasteiger partial charge in [0.05, 0.1) is 25.0 Å². The average molecular weight is 336 g/mol. The second kappa shape index (κ2) is 8.82. The monoisotopic (exact) mass is 336 g/mol. The van der Waals surface area contributed by atoms with Crippen LogP contribution in [0.5, 0.6) is 0 Å². The van der Waals surface area contributed by atoms with Gasteiger partial charge in [-0.05, 0) is 19.3 Å². The van der Waals surface area contributed by atoms with Crippen molar-refractivity contribution in [2.24, 2.45) is 5.92 Å². The molecule has 2 heterocycles. The number of methoxy groups -OCH3 is 1. The minimum Gasteiger partial charge on any atom is -0.383 e. The van der Waals surface area contributed by atoms with Crippen LogP contribution in [0.25, 0.3) is 0 Å². The van der Waals surface area contributed by atoms with E-state index in [9.17, 15) is 9.59 Å². The lowest BCUT2D eigenvalue weighted by Gasteiger charge is -2.34. The summed E-state index contributed by atoms with van der Waals surface area (Å²) in [6.07, 6.45) is 4.36. The fourth-order valence-electron chi connectivity index (χ4n) is 2.75. The zero-order chi connectivity index (χ0) is 17.5. The first-order valence-electron chi connectivity index (χ1n) is 8.66. The highest BCUT2D eigenvalue weighted by atomic mass is 16.5. The van der Waals surface area contributed by atoms with Gasteiger partial charge in [-0.25, -0.2) is 4.68 Å². The molecule has 0 bridgehead atoms. The molecule has 0 aromatic carbocycles. The molecule has 0 aliphatic carbocycles. The van der Waals surface area contributed by atoms with Crippen LogP contribution >= 0.6 is 0 Å². The maximum Gasteiger partial charge on any atom is 0.268 e. The summed E-state index contributed by atoms with van der Waals surface area (Å²) in [5.41, 5.74) is 0.733. The summed E-state index contributed by atoms with van der Waals surface area (Å²) in [7, 11) is 1.60. The Bertz CT molecular complexity index is 594. The van der Waals surface area contributed by atoms with E-state index in [4.69, 9.17) is 4.74 Å². The van der Waals surface area contributed by atoms with E-state index in [0.29, 0.717) is 13.2 Å². The fraction of sp³-hybridized carbons (Fsp3) is 0.706. The van der Waals surface area contributed by atoms with Crippen LogP contribution in [0.2, 0.25) is 0 Å². The lowest BCUT2D eigenvalue weighted by molar-refractivity contribution is -0.125. The zero-order valence-corrected chi connectivity index (χ0v) is 14.8. The molecule has 1 aromatic rings. The molecule has 1 unspecified atom stereocenters. The molecule has 1 aliphatic rings. The molecule has 1 amide bonds. The number of hydrogen-bond donors (Lipinski definition) is 1. The van der Waals surface area contributed by atoms with E-state index < -0.39 is 0 Å². The molecule has 1 saturated heterocycles. The first-order chi connectivity index (χ1) is 11.5. The number of hydrogen-bond acceptors (Lipinski definition) is 5. The van der Waals surface area contributed by atoms with Crippen molar-refractivity contribution in [2.45, 2.75) is 45.7 Å². The second-order valence-electron chi connectivity index (χ2n) is 6.35. The quantitative estimate of drug-likeness (QED) is 0.804. The summed E-state index contributed by atoms with van der Waals surface area (Å²) in [6, 6.07) is 1.85. The number of nitrogens with zero attached hydrogens (tertiary/aromatic N) is 3. The van der Waals surface area contributed by atoms with E-state index in [-0.39, 0.29) is 23.4 Å². The zero-order valence-electron chi connectivity index (χ0n) is 14.8. The number of amides is 1. The number of ether oxygens (including phenoxy) is 1. The minimum absolute atomic E-state index is 0.0620. The molecule has 0 radical (unpaired) electrons. The van der Waals surface area contributed by atoms with Gasteiger partial charge in [0.25, 0.3) is 5.56 Å². The molecule has 1 fully saturated rings. The van der Waals surface area contributed by atoms with Crippen LogP contribution in [0.3, 0.4) is 0 Å². The van der Waals surface area contributed by atoms with Gasteiger partial charge in [-0.1, -0.05) is 13.8 Å². The summed E-state index contributed by atoms with van der Waals surface area (Å²) in [5.74, 6) is 0.199. The van der Waals surface area contributed by atoms with E-state index >= 15 is 0 Å². The molecular formula is C17H28N4O3. The molecule has 1 N–H and O–H groups in total. The van der Waals surface area contributed by atoms with Crippen LogP contribution < -0.4 is 15.8 Å². The van der Waals surface area contributed by atoms with Crippen LogP contribution in [0.4, 0.5) is 5.69 Å². The minimum atomic E-state index is -0.114. The Labute approximate surface area is 143 Å². The molecule has 0 saturated carbocycles. The molecule has 7 heteroatoms. The van der Waals surface area contributed by atoms with Crippen molar-refractivity contribution in [1.82, 2.24) is 15.1 Å². The Morgan fingerprint density at radius 3 is 2.75 bits per heavy atom. The third-order valence-corrected chi connectivity index (χ3v) is 4.63. The lowest BCUT2D eigenvalue weighted by Crippen LogP contribution is -2.46. The van der Waals surface area contributed by atoms with Gasteiger partial charge < -0.3 is 15.0 Å². The van der Waals surface area contributed by atoms with Gasteiger partial charge in [0, 0.05) is 38.2 Å². The number of nitrogens with one attached hydrogen (secondary N) is 1. The van der Waals surface area contributed by atoms with Crippen LogP contribution in [0, 0.1) is 5.92 Å². The lowest BCUT2D eigenvalue weighted by atomic mass is 10.0. The van der Waals surface area contributed by atoms with Crippen molar-refractivity contribution in [2.75, 3.05) is 31.7 Å². The predicted octanol–water partition coefficient (Wildman–Crippen LogP) is 1.02. The summed E-state index contributed by atoms with van der Waals surface area (Å²) >= 11 is 0. The third kappa shape index (κ3) is 4.80. The van der Waals surface area contributed by atoms with Gasteiger partial charge in [-0.3, -0.25) is 9.59 Å². The Kier molecular flexibility index (Phi) is 6.78. The van der Waals surface area contributed by atoms with Crippen LogP contribution in [-0.2, 0) is 16.1 Å². The molecule has 0 spiro atoms. The summed E-state index contributed by atoms with van der Waals surface area (Å²) in [5, 5.41) is 7.33. The second-order valence-corrected chi connectivity index (χ2v) is 6.35.